The van der Waals surface area contributed by atoms with E-state index < -0.39 is 30.0 Å². The molecule has 0 aliphatic carbocycles. The zero-order chi connectivity index (χ0) is 18.2. The first-order chi connectivity index (χ1) is 11.0. The van der Waals surface area contributed by atoms with Crippen LogP contribution in [0.4, 0.5) is 13.2 Å². The normalized spacial score (nSPS) is 12.2. The highest BCUT2D eigenvalue weighted by atomic mass is 19.4. The summed E-state index contributed by atoms with van der Waals surface area (Å²) in [5, 5.41) is 0. The summed E-state index contributed by atoms with van der Waals surface area (Å²) in [6, 6.07) is 0. The quantitative estimate of drug-likeness (QED) is 0.581. The van der Waals surface area contributed by atoms with Crippen LogP contribution >= 0.6 is 0 Å². The van der Waals surface area contributed by atoms with Gasteiger partial charge in [0.25, 0.3) is 5.56 Å². The van der Waals surface area contributed by atoms with Crippen molar-refractivity contribution in [1.29, 1.82) is 0 Å². The molecule has 11 heteroatoms. The number of esters is 1. The highest BCUT2D eigenvalue weighted by Gasteiger charge is 2.29. The molecule has 0 radical (unpaired) electrons. The zero-order valence-electron chi connectivity index (χ0n) is 12.9. The second-order valence-electron chi connectivity index (χ2n) is 4.96. The number of rotatable bonds is 3. The summed E-state index contributed by atoms with van der Waals surface area (Å²) in [5.74, 6) is -1.10. The van der Waals surface area contributed by atoms with Gasteiger partial charge >= 0.3 is 17.8 Å². The third-order valence-electron chi connectivity index (χ3n) is 3.26. The number of fused-ring (bicyclic) bond motifs is 1. The van der Waals surface area contributed by atoms with Gasteiger partial charge in [-0.25, -0.2) is 14.6 Å². The monoisotopic (exact) mass is 346 g/mol. The molecule has 130 valence electrons. The van der Waals surface area contributed by atoms with Gasteiger partial charge in [-0.2, -0.15) is 13.2 Å². The Morgan fingerprint density at radius 3 is 2.38 bits per heavy atom. The molecule has 0 saturated carbocycles. The van der Waals surface area contributed by atoms with E-state index in [0.29, 0.717) is 0 Å². The van der Waals surface area contributed by atoms with E-state index in [4.69, 9.17) is 0 Å². The van der Waals surface area contributed by atoms with Gasteiger partial charge in [-0.15, -0.1) is 0 Å². The van der Waals surface area contributed by atoms with E-state index in [0.717, 1.165) is 21.3 Å². The van der Waals surface area contributed by atoms with Gasteiger partial charge < -0.3 is 9.30 Å². The Morgan fingerprint density at radius 2 is 1.79 bits per heavy atom. The number of hydrogen-bond acceptors (Lipinski definition) is 5. The Hall–Kier alpha value is -2.85. The summed E-state index contributed by atoms with van der Waals surface area (Å²) in [7, 11) is 4.20. The molecule has 0 aromatic carbocycles. The van der Waals surface area contributed by atoms with E-state index in [1.807, 2.05) is 0 Å². The van der Waals surface area contributed by atoms with Crippen molar-refractivity contribution in [3.05, 3.63) is 32.7 Å². The van der Waals surface area contributed by atoms with Gasteiger partial charge in [0, 0.05) is 27.2 Å². The fourth-order valence-electron chi connectivity index (χ4n) is 2.03. The van der Waals surface area contributed by atoms with Crippen LogP contribution in [-0.2, 0) is 30.7 Å². The van der Waals surface area contributed by atoms with Crippen LogP contribution in [0.15, 0.2) is 15.7 Å². The predicted octanol–water partition coefficient (Wildman–Crippen LogP) is 0.0894. The van der Waals surface area contributed by atoms with Gasteiger partial charge in [0.15, 0.2) is 17.8 Å². The molecule has 0 aliphatic rings. The van der Waals surface area contributed by atoms with Gasteiger partial charge in [0.05, 0.1) is 0 Å². The SMILES string of the molecule is Cn1c(=O)c2c(nc(/C=C/C(=O)OCC(F)(F)F)n2C)n(C)c1=O. The van der Waals surface area contributed by atoms with Crippen LogP contribution in [0.5, 0.6) is 0 Å². The van der Waals surface area contributed by atoms with Crippen molar-refractivity contribution < 1.29 is 22.7 Å². The summed E-state index contributed by atoms with van der Waals surface area (Å²) in [6.07, 6.45) is -2.76. The second kappa shape index (κ2) is 5.98. The molecule has 24 heavy (non-hydrogen) atoms. The highest BCUT2D eigenvalue weighted by Crippen LogP contribution is 2.15. The van der Waals surface area contributed by atoms with Crippen molar-refractivity contribution in [2.45, 2.75) is 6.18 Å². The van der Waals surface area contributed by atoms with Crippen LogP contribution < -0.4 is 11.2 Å². The van der Waals surface area contributed by atoms with Crippen LogP contribution in [-0.4, -0.2) is 37.4 Å². The molecule has 0 spiro atoms. The number of alkyl halides is 3. The number of carbonyl (C=O) groups is 1. The minimum atomic E-state index is -4.62. The van der Waals surface area contributed by atoms with E-state index in [-0.39, 0.29) is 17.0 Å². The van der Waals surface area contributed by atoms with Crippen molar-refractivity contribution in [3.63, 3.8) is 0 Å². The lowest BCUT2D eigenvalue weighted by Crippen LogP contribution is -2.37. The number of aryl methyl sites for hydroxylation is 2. The van der Waals surface area contributed by atoms with Crippen molar-refractivity contribution >= 4 is 23.2 Å². The van der Waals surface area contributed by atoms with Gasteiger partial charge in [0.1, 0.15) is 5.82 Å². The van der Waals surface area contributed by atoms with Crippen LogP contribution in [0, 0.1) is 0 Å². The Bertz CT molecular complexity index is 949. The van der Waals surface area contributed by atoms with Gasteiger partial charge in [-0.1, -0.05) is 0 Å². The number of aromatic nitrogens is 4. The molecule has 8 nitrogen and oxygen atoms in total. The fourth-order valence-corrected chi connectivity index (χ4v) is 2.03. The number of hydrogen-bond donors (Lipinski definition) is 0. The molecule has 0 atom stereocenters. The number of nitrogens with zero attached hydrogens (tertiary/aromatic N) is 4. The summed E-state index contributed by atoms with van der Waals surface area (Å²) in [5.41, 5.74) is -0.954. The number of imidazole rings is 1. The van der Waals surface area contributed by atoms with Crippen LogP contribution in [0.1, 0.15) is 5.82 Å². The maximum Gasteiger partial charge on any atom is 0.422 e. The lowest BCUT2D eigenvalue weighted by Gasteiger charge is -2.05. The molecule has 0 saturated heterocycles. The fraction of sp³-hybridized carbons (Fsp3) is 0.385. The van der Waals surface area contributed by atoms with Crippen LogP contribution in [0.3, 0.4) is 0 Å². The highest BCUT2D eigenvalue weighted by molar-refractivity contribution is 5.87. The van der Waals surface area contributed by atoms with E-state index >= 15 is 0 Å². The number of ether oxygens (including phenoxy) is 1. The first-order valence-electron chi connectivity index (χ1n) is 6.57. The molecule has 2 rings (SSSR count). The molecular formula is C13H13F3N4O4. The van der Waals surface area contributed by atoms with Gasteiger partial charge in [-0.05, 0) is 6.08 Å². The molecule has 2 aromatic rings. The van der Waals surface area contributed by atoms with Crippen molar-refractivity contribution in [1.82, 2.24) is 18.7 Å². The molecule has 0 amide bonds. The molecule has 0 aliphatic heterocycles. The lowest BCUT2D eigenvalue weighted by atomic mass is 10.4. The van der Waals surface area contributed by atoms with Gasteiger partial charge in [0.2, 0.25) is 0 Å². The third kappa shape index (κ3) is 3.24. The Kier molecular flexibility index (Phi) is 4.36. The molecule has 0 N–H and O–H groups in total. The molecule has 0 fully saturated rings. The van der Waals surface area contributed by atoms with Gasteiger partial charge in [-0.3, -0.25) is 13.9 Å². The first-order valence-corrected chi connectivity index (χ1v) is 6.57. The average Bonchev–Trinajstić information content (AvgIpc) is 2.83. The topological polar surface area (TPSA) is 88.1 Å². The molecular weight excluding hydrogens is 333 g/mol. The minimum Gasteiger partial charge on any atom is -0.453 e. The van der Waals surface area contributed by atoms with Crippen molar-refractivity contribution in [2.75, 3.05) is 6.61 Å². The third-order valence-corrected chi connectivity index (χ3v) is 3.26. The van der Waals surface area contributed by atoms with E-state index in [9.17, 15) is 27.6 Å². The first kappa shape index (κ1) is 17.5. The Morgan fingerprint density at radius 1 is 1.17 bits per heavy atom. The number of carbonyl (C=O) groups excluding carboxylic acids is 1. The largest absolute Gasteiger partial charge is 0.453 e. The summed E-state index contributed by atoms with van der Waals surface area (Å²) < 4.78 is 43.3. The lowest BCUT2D eigenvalue weighted by molar-refractivity contribution is -0.182. The standard InChI is InChI=1S/C13H13F3N4O4/c1-18-7(4-5-8(21)24-6-13(14,15)16)17-10-9(18)11(22)20(3)12(23)19(10)2/h4-5H,6H2,1-3H3/b5-4+. The van der Waals surface area contributed by atoms with Crippen molar-refractivity contribution in [2.24, 2.45) is 21.1 Å². The molecule has 2 heterocycles. The zero-order valence-corrected chi connectivity index (χ0v) is 12.9. The maximum absolute atomic E-state index is 12.1. The summed E-state index contributed by atoms with van der Waals surface area (Å²) >= 11 is 0. The minimum absolute atomic E-state index is 0.0916. The summed E-state index contributed by atoms with van der Waals surface area (Å²) in [6.45, 7) is -1.70. The summed E-state index contributed by atoms with van der Waals surface area (Å²) in [4.78, 5) is 39.3. The van der Waals surface area contributed by atoms with Crippen LogP contribution in [0.25, 0.3) is 17.2 Å². The molecule has 2 aromatic heterocycles. The predicted molar refractivity (Wildman–Crippen MR) is 77.2 cm³/mol. The number of halogens is 3. The maximum atomic E-state index is 12.1. The Labute approximate surface area is 132 Å². The Balaban J connectivity index is 2.40. The smallest absolute Gasteiger partial charge is 0.422 e. The van der Waals surface area contributed by atoms with Crippen LogP contribution in [0.2, 0.25) is 0 Å². The second-order valence-corrected chi connectivity index (χ2v) is 4.96. The molecule has 0 unspecified atom stereocenters. The average molecular weight is 346 g/mol. The van der Waals surface area contributed by atoms with E-state index in [2.05, 4.69) is 9.72 Å². The van der Waals surface area contributed by atoms with E-state index in [1.165, 1.54) is 25.7 Å². The molecule has 0 bridgehead atoms. The van der Waals surface area contributed by atoms with E-state index in [1.54, 1.807) is 0 Å². The van der Waals surface area contributed by atoms with Crippen molar-refractivity contribution in [3.8, 4) is 0 Å².